The Balaban J connectivity index is 1.60. The summed E-state index contributed by atoms with van der Waals surface area (Å²) in [6.45, 7) is 0. The quantitative estimate of drug-likeness (QED) is 0.377. The van der Waals surface area contributed by atoms with Crippen molar-refractivity contribution in [2.45, 2.75) is 4.90 Å². The SMILES string of the molecule is O=C(N/N=C\c1ccc(OS(=O)(=O)c2ccccc2)cc1)c1ccc(Cl)cc1. The van der Waals surface area contributed by atoms with Gasteiger partial charge in [-0.1, -0.05) is 29.8 Å². The van der Waals surface area contributed by atoms with Gasteiger partial charge in [-0.2, -0.15) is 13.5 Å². The van der Waals surface area contributed by atoms with Crippen LogP contribution < -0.4 is 9.61 Å². The van der Waals surface area contributed by atoms with Gasteiger partial charge in [-0.15, -0.1) is 0 Å². The number of halogens is 1. The summed E-state index contributed by atoms with van der Waals surface area (Å²) >= 11 is 5.78. The monoisotopic (exact) mass is 414 g/mol. The lowest BCUT2D eigenvalue weighted by molar-refractivity contribution is 0.0955. The largest absolute Gasteiger partial charge is 0.379 e. The molecule has 0 fully saturated rings. The van der Waals surface area contributed by atoms with Crippen LogP contribution in [-0.4, -0.2) is 20.5 Å². The number of rotatable bonds is 6. The Morgan fingerprint density at radius 1 is 0.929 bits per heavy atom. The van der Waals surface area contributed by atoms with Gasteiger partial charge in [0, 0.05) is 10.6 Å². The van der Waals surface area contributed by atoms with Crippen molar-refractivity contribution >= 4 is 33.8 Å². The average molecular weight is 415 g/mol. The van der Waals surface area contributed by atoms with E-state index in [1.807, 2.05) is 0 Å². The van der Waals surface area contributed by atoms with E-state index in [0.717, 1.165) is 0 Å². The van der Waals surface area contributed by atoms with Crippen LogP contribution >= 0.6 is 11.6 Å². The van der Waals surface area contributed by atoms with Crippen LogP contribution in [0.15, 0.2) is 88.9 Å². The summed E-state index contributed by atoms with van der Waals surface area (Å²) in [6.07, 6.45) is 1.43. The molecule has 0 unspecified atom stereocenters. The van der Waals surface area contributed by atoms with E-state index in [0.29, 0.717) is 16.1 Å². The molecule has 0 saturated heterocycles. The van der Waals surface area contributed by atoms with E-state index in [9.17, 15) is 13.2 Å². The summed E-state index contributed by atoms with van der Waals surface area (Å²) in [4.78, 5) is 12.0. The topological polar surface area (TPSA) is 84.8 Å². The van der Waals surface area contributed by atoms with Crippen molar-refractivity contribution < 1.29 is 17.4 Å². The van der Waals surface area contributed by atoms with Crippen LogP contribution in [0.2, 0.25) is 5.02 Å². The number of hydrogen-bond acceptors (Lipinski definition) is 5. The fourth-order valence-corrected chi connectivity index (χ4v) is 3.28. The van der Waals surface area contributed by atoms with Crippen molar-refractivity contribution in [3.8, 4) is 5.75 Å². The van der Waals surface area contributed by atoms with Crippen LogP contribution in [0, 0.1) is 0 Å². The highest BCUT2D eigenvalue weighted by Crippen LogP contribution is 2.18. The molecule has 1 N–H and O–H groups in total. The Hall–Kier alpha value is -3.16. The fourth-order valence-electron chi connectivity index (χ4n) is 2.20. The van der Waals surface area contributed by atoms with Gasteiger partial charge in [-0.3, -0.25) is 4.79 Å². The number of carbonyl (C=O) groups is 1. The highest BCUT2D eigenvalue weighted by molar-refractivity contribution is 7.87. The summed E-state index contributed by atoms with van der Waals surface area (Å²) in [6, 6.07) is 20.5. The molecule has 142 valence electrons. The zero-order valence-electron chi connectivity index (χ0n) is 14.4. The molecule has 0 aliphatic rings. The first-order valence-corrected chi connectivity index (χ1v) is 9.91. The van der Waals surface area contributed by atoms with Gasteiger partial charge in [0.05, 0.1) is 6.21 Å². The van der Waals surface area contributed by atoms with Crippen molar-refractivity contribution in [2.75, 3.05) is 0 Å². The summed E-state index contributed by atoms with van der Waals surface area (Å²) in [5, 5.41) is 4.41. The number of carbonyl (C=O) groups excluding carboxylic acids is 1. The molecular formula is C20H15ClN2O4S. The zero-order valence-corrected chi connectivity index (χ0v) is 16.0. The lowest BCUT2D eigenvalue weighted by Gasteiger charge is -2.07. The number of amides is 1. The molecule has 0 aromatic heterocycles. The maximum absolute atomic E-state index is 12.2. The van der Waals surface area contributed by atoms with E-state index in [4.69, 9.17) is 15.8 Å². The third kappa shape index (κ3) is 5.18. The molecule has 6 nitrogen and oxygen atoms in total. The summed E-state index contributed by atoms with van der Waals surface area (Å²) < 4.78 is 29.5. The van der Waals surface area contributed by atoms with Gasteiger partial charge in [-0.05, 0) is 66.2 Å². The zero-order chi connectivity index (χ0) is 20.0. The first-order valence-electron chi connectivity index (χ1n) is 8.13. The Morgan fingerprint density at radius 3 is 2.21 bits per heavy atom. The minimum Gasteiger partial charge on any atom is -0.379 e. The van der Waals surface area contributed by atoms with Gasteiger partial charge in [-0.25, -0.2) is 5.43 Å². The van der Waals surface area contributed by atoms with Crippen molar-refractivity contribution in [1.82, 2.24) is 5.43 Å². The molecule has 0 radical (unpaired) electrons. The predicted octanol–water partition coefficient (Wildman–Crippen LogP) is 3.87. The first kappa shape index (κ1) is 19.6. The molecule has 0 saturated carbocycles. The molecule has 0 aliphatic heterocycles. The molecule has 0 heterocycles. The molecule has 3 rings (SSSR count). The normalized spacial score (nSPS) is 11.3. The van der Waals surface area contributed by atoms with Crippen molar-refractivity contribution in [3.63, 3.8) is 0 Å². The second kappa shape index (κ2) is 8.69. The molecule has 3 aromatic rings. The van der Waals surface area contributed by atoms with Crippen LogP contribution in [-0.2, 0) is 10.1 Å². The van der Waals surface area contributed by atoms with Gasteiger partial charge >= 0.3 is 10.1 Å². The molecule has 0 atom stereocenters. The van der Waals surface area contributed by atoms with Gasteiger partial charge in [0.1, 0.15) is 10.6 Å². The van der Waals surface area contributed by atoms with Crippen LogP contribution in [0.1, 0.15) is 15.9 Å². The van der Waals surface area contributed by atoms with E-state index < -0.39 is 10.1 Å². The summed E-state index contributed by atoms with van der Waals surface area (Å²) in [7, 11) is -3.89. The Labute approximate surface area is 167 Å². The van der Waals surface area contributed by atoms with E-state index in [1.165, 1.54) is 30.5 Å². The first-order chi connectivity index (χ1) is 13.4. The third-order valence-electron chi connectivity index (χ3n) is 3.60. The van der Waals surface area contributed by atoms with Crippen LogP contribution in [0.4, 0.5) is 0 Å². The van der Waals surface area contributed by atoms with E-state index in [-0.39, 0.29) is 16.6 Å². The molecule has 3 aromatic carbocycles. The molecule has 0 bridgehead atoms. The summed E-state index contributed by atoms with van der Waals surface area (Å²) in [5.74, 6) is -0.201. The minimum absolute atomic E-state index is 0.0746. The maximum Gasteiger partial charge on any atom is 0.339 e. The third-order valence-corrected chi connectivity index (χ3v) is 5.12. The average Bonchev–Trinajstić information content (AvgIpc) is 2.70. The predicted molar refractivity (Wildman–Crippen MR) is 107 cm³/mol. The Morgan fingerprint density at radius 2 is 1.57 bits per heavy atom. The number of benzene rings is 3. The van der Waals surface area contributed by atoms with Crippen LogP contribution in [0.5, 0.6) is 5.75 Å². The molecule has 0 aliphatic carbocycles. The molecule has 28 heavy (non-hydrogen) atoms. The van der Waals surface area contributed by atoms with Gasteiger partial charge in [0.25, 0.3) is 5.91 Å². The van der Waals surface area contributed by atoms with E-state index in [1.54, 1.807) is 54.6 Å². The Kier molecular flexibility index (Phi) is 6.08. The smallest absolute Gasteiger partial charge is 0.339 e. The number of hydrazone groups is 1. The fraction of sp³-hybridized carbons (Fsp3) is 0. The minimum atomic E-state index is -3.89. The maximum atomic E-state index is 12.2. The van der Waals surface area contributed by atoms with Crippen molar-refractivity contribution in [3.05, 3.63) is 95.0 Å². The van der Waals surface area contributed by atoms with Gasteiger partial charge < -0.3 is 4.18 Å². The number of hydrogen-bond donors (Lipinski definition) is 1. The molecular weight excluding hydrogens is 400 g/mol. The van der Waals surface area contributed by atoms with Crippen LogP contribution in [0.25, 0.3) is 0 Å². The molecule has 8 heteroatoms. The number of nitrogens with one attached hydrogen (secondary N) is 1. The molecule has 1 amide bonds. The van der Waals surface area contributed by atoms with E-state index in [2.05, 4.69) is 10.5 Å². The second-order valence-corrected chi connectivity index (χ2v) is 7.61. The van der Waals surface area contributed by atoms with Crippen LogP contribution in [0.3, 0.4) is 0 Å². The summed E-state index contributed by atoms with van der Waals surface area (Å²) in [5.41, 5.74) is 3.48. The van der Waals surface area contributed by atoms with Crippen molar-refractivity contribution in [2.24, 2.45) is 5.10 Å². The highest BCUT2D eigenvalue weighted by atomic mass is 35.5. The standard InChI is InChI=1S/C20H15ClN2O4S/c21-17-10-8-16(9-11-17)20(24)23-22-14-15-6-12-18(13-7-15)27-28(25,26)19-4-2-1-3-5-19/h1-14H,(H,23,24)/b22-14-. The van der Waals surface area contributed by atoms with Gasteiger partial charge in [0.2, 0.25) is 0 Å². The second-order valence-electron chi connectivity index (χ2n) is 5.63. The lowest BCUT2D eigenvalue weighted by Crippen LogP contribution is -2.17. The van der Waals surface area contributed by atoms with Crippen molar-refractivity contribution in [1.29, 1.82) is 0 Å². The molecule has 0 spiro atoms. The lowest BCUT2D eigenvalue weighted by atomic mass is 10.2. The number of nitrogens with zero attached hydrogens (tertiary/aromatic N) is 1. The van der Waals surface area contributed by atoms with E-state index >= 15 is 0 Å². The van der Waals surface area contributed by atoms with Gasteiger partial charge in [0.15, 0.2) is 0 Å². The Bertz CT molecular complexity index is 1080. The highest BCUT2D eigenvalue weighted by Gasteiger charge is 2.15.